The number of pyridine rings is 1. The molecule has 0 unspecified atom stereocenters. The summed E-state index contributed by atoms with van der Waals surface area (Å²) in [6.45, 7) is 0. The molecule has 0 fully saturated rings. The van der Waals surface area contributed by atoms with Crippen LogP contribution in [-0.4, -0.2) is 4.98 Å². The number of benzene rings is 2. The molecule has 1 nitrogen and oxygen atoms in total. The van der Waals surface area contributed by atoms with Gasteiger partial charge in [-0.3, -0.25) is 4.98 Å². The Labute approximate surface area is 157 Å². The lowest BCUT2D eigenvalue weighted by molar-refractivity contribution is 0.569. The predicted octanol–water partition coefficient (Wildman–Crippen LogP) is 7.12. The van der Waals surface area contributed by atoms with Crippen molar-refractivity contribution < 1.29 is 0 Å². The summed E-state index contributed by atoms with van der Waals surface area (Å²) >= 11 is 0. The van der Waals surface area contributed by atoms with Gasteiger partial charge in [-0.1, -0.05) is 87.1 Å². The summed E-state index contributed by atoms with van der Waals surface area (Å²) < 4.78 is 0. The predicted molar refractivity (Wildman–Crippen MR) is 112 cm³/mol. The summed E-state index contributed by atoms with van der Waals surface area (Å²) in [6, 6.07) is 19.7. The molecule has 1 heterocycles. The summed E-state index contributed by atoms with van der Waals surface area (Å²) in [5.41, 5.74) is 6.77. The third-order valence-electron chi connectivity index (χ3n) is 5.73. The van der Waals surface area contributed by atoms with Crippen LogP contribution in [0.3, 0.4) is 0 Å². The van der Waals surface area contributed by atoms with Crippen LogP contribution in [0.25, 0.3) is 22.0 Å². The van der Waals surface area contributed by atoms with Crippen LogP contribution in [-0.2, 0) is 12.8 Å². The third kappa shape index (κ3) is 3.82. The number of aromatic nitrogens is 1. The normalized spacial score (nSPS) is 16.5. The molecule has 1 aromatic heterocycles. The highest BCUT2D eigenvalue weighted by Gasteiger charge is 2.16. The van der Waals surface area contributed by atoms with Crippen LogP contribution in [0.4, 0.5) is 0 Å². The Kier molecular flexibility index (Phi) is 5.64. The first-order valence-corrected chi connectivity index (χ1v) is 10.4. The maximum absolute atomic E-state index is 5.13. The number of fused-ring (bicyclic) bond motifs is 4. The van der Waals surface area contributed by atoms with Crippen molar-refractivity contribution in [3.05, 3.63) is 65.9 Å². The minimum absolute atomic E-state index is 1.10. The van der Waals surface area contributed by atoms with E-state index in [9.17, 15) is 0 Å². The molecule has 2 bridgehead atoms. The lowest BCUT2D eigenvalue weighted by atomic mass is 9.90. The van der Waals surface area contributed by atoms with Gasteiger partial charge in [0.15, 0.2) is 0 Å². The van der Waals surface area contributed by atoms with Crippen LogP contribution < -0.4 is 0 Å². The highest BCUT2D eigenvalue weighted by atomic mass is 14.7. The van der Waals surface area contributed by atoms with Crippen molar-refractivity contribution >= 4 is 10.9 Å². The molecule has 0 aliphatic heterocycles. The zero-order valence-electron chi connectivity index (χ0n) is 15.7. The first kappa shape index (κ1) is 17.3. The van der Waals surface area contributed by atoms with Crippen LogP contribution >= 0.6 is 0 Å². The molecule has 0 atom stereocenters. The van der Waals surface area contributed by atoms with Crippen LogP contribution in [0.5, 0.6) is 0 Å². The molecule has 0 amide bonds. The second-order valence-corrected chi connectivity index (χ2v) is 7.62. The molecule has 0 saturated carbocycles. The second-order valence-electron chi connectivity index (χ2n) is 7.62. The van der Waals surface area contributed by atoms with E-state index in [0.717, 1.165) is 6.42 Å². The van der Waals surface area contributed by atoms with Crippen molar-refractivity contribution in [2.24, 2.45) is 0 Å². The molecular weight excluding hydrogens is 314 g/mol. The van der Waals surface area contributed by atoms with Crippen LogP contribution in [0, 0.1) is 0 Å². The van der Waals surface area contributed by atoms with Crippen molar-refractivity contribution in [2.45, 2.75) is 64.2 Å². The van der Waals surface area contributed by atoms with Gasteiger partial charge < -0.3 is 0 Å². The summed E-state index contributed by atoms with van der Waals surface area (Å²) in [5, 5.41) is 1.35. The molecule has 1 aliphatic rings. The molecule has 0 N–H and O–H groups in total. The van der Waals surface area contributed by atoms with E-state index < -0.39 is 0 Å². The Morgan fingerprint density at radius 1 is 0.577 bits per heavy atom. The number of hydrogen-bond donors (Lipinski definition) is 0. The first-order chi connectivity index (χ1) is 12.9. The Morgan fingerprint density at radius 3 is 1.96 bits per heavy atom. The van der Waals surface area contributed by atoms with E-state index in [1.165, 1.54) is 91.1 Å². The van der Waals surface area contributed by atoms with E-state index in [1.807, 2.05) is 0 Å². The summed E-state index contributed by atoms with van der Waals surface area (Å²) in [5.74, 6) is 0. The molecule has 3 aromatic rings. The molecular formula is C25H29N. The number of rotatable bonds is 1. The molecule has 0 saturated heterocycles. The summed E-state index contributed by atoms with van der Waals surface area (Å²) in [6.07, 6.45) is 13.1. The smallest absolute Gasteiger partial charge is 0.0708 e. The molecule has 4 rings (SSSR count). The van der Waals surface area contributed by atoms with Crippen LogP contribution in [0.2, 0.25) is 0 Å². The molecule has 0 spiro atoms. The van der Waals surface area contributed by atoms with Gasteiger partial charge in [0.05, 0.1) is 5.52 Å². The first-order valence-electron chi connectivity index (χ1n) is 10.4. The summed E-state index contributed by atoms with van der Waals surface area (Å²) in [7, 11) is 0. The van der Waals surface area contributed by atoms with E-state index in [1.54, 1.807) is 0 Å². The van der Waals surface area contributed by atoms with Crippen molar-refractivity contribution in [1.29, 1.82) is 0 Å². The van der Waals surface area contributed by atoms with E-state index in [-0.39, 0.29) is 0 Å². The fourth-order valence-electron chi connectivity index (χ4n) is 4.38. The lowest BCUT2D eigenvalue weighted by Gasteiger charge is -2.18. The molecule has 134 valence electrons. The monoisotopic (exact) mass is 343 g/mol. The standard InChI is InChI=1S/C25H29N/c1-2-4-6-11-19-24-25(20-14-8-7-9-15-20)22(17-10-5-3-1)21-16-12-13-18-23(21)26-24/h7-9,12-16,18H,1-6,10-11,17,19H2. The van der Waals surface area contributed by atoms with Crippen LogP contribution in [0.1, 0.15) is 62.6 Å². The Morgan fingerprint density at radius 2 is 1.19 bits per heavy atom. The highest BCUT2D eigenvalue weighted by Crippen LogP contribution is 2.34. The lowest BCUT2D eigenvalue weighted by Crippen LogP contribution is -2.02. The largest absolute Gasteiger partial charge is 0.252 e. The maximum atomic E-state index is 5.13. The summed E-state index contributed by atoms with van der Waals surface area (Å²) in [4.78, 5) is 5.13. The van der Waals surface area contributed by atoms with Gasteiger partial charge in [-0.15, -0.1) is 0 Å². The number of nitrogens with zero attached hydrogens (tertiary/aromatic N) is 1. The number of aryl methyl sites for hydroxylation is 2. The van der Waals surface area contributed by atoms with E-state index in [2.05, 4.69) is 54.6 Å². The minimum Gasteiger partial charge on any atom is -0.252 e. The average Bonchev–Trinajstić information content (AvgIpc) is 2.70. The van der Waals surface area contributed by atoms with E-state index >= 15 is 0 Å². The highest BCUT2D eigenvalue weighted by molar-refractivity contribution is 5.90. The SMILES string of the molecule is c1ccc(-c2c3nc4ccccc4c2CCCCCCCCCC3)cc1. The quantitative estimate of drug-likeness (QED) is 0.458. The van der Waals surface area contributed by atoms with Crippen molar-refractivity contribution in [1.82, 2.24) is 4.98 Å². The van der Waals surface area contributed by atoms with Gasteiger partial charge in [-0.05, 0) is 42.9 Å². The van der Waals surface area contributed by atoms with E-state index in [4.69, 9.17) is 4.98 Å². The number of hydrogen-bond acceptors (Lipinski definition) is 1. The van der Waals surface area contributed by atoms with E-state index in [0.29, 0.717) is 0 Å². The van der Waals surface area contributed by atoms with Gasteiger partial charge in [-0.2, -0.15) is 0 Å². The molecule has 1 heteroatoms. The zero-order valence-corrected chi connectivity index (χ0v) is 15.7. The molecule has 2 aromatic carbocycles. The fourth-order valence-corrected chi connectivity index (χ4v) is 4.38. The van der Waals surface area contributed by atoms with Crippen molar-refractivity contribution in [3.8, 4) is 11.1 Å². The van der Waals surface area contributed by atoms with Gasteiger partial charge >= 0.3 is 0 Å². The molecule has 26 heavy (non-hydrogen) atoms. The molecule has 1 aliphatic carbocycles. The van der Waals surface area contributed by atoms with Gasteiger partial charge in [0.2, 0.25) is 0 Å². The third-order valence-corrected chi connectivity index (χ3v) is 5.73. The van der Waals surface area contributed by atoms with Crippen molar-refractivity contribution in [2.75, 3.05) is 0 Å². The Bertz CT molecular complexity index is 851. The van der Waals surface area contributed by atoms with Gasteiger partial charge in [-0.25, -0.2) is 0 Å². The topological polar surface area (TPSA) is 12.9 Å². The van der Waals surface area contributed by atoms with Gasteiger partial charge in [0, 0.05) is 16.6 Å². The minimum atomic E-state index is 1.10. The van der Waals surface area contributed by atoms with Gasteiger partial charge in [0.1, 0.15) is 0 Å². The van der Waals surface area contributed by atoms with Crippen LogP contribution in [0.15, 0.2) is 54.6 Å². The Balaban J connectivity index is 1.88. The average molecular weight is 344 g/mol. The van der Waals surface area contributed by atoms with Gasteiger partial charge in [0.25, 0.3) is 0 Å². The molecule has 0 radical (unpaired) electrons. The zero-order chi connectivity index (χ0) is 17.6. The Hall–Kier alpha value is -2.15. The number of para-hydroxylation sites is 1. The second kappa shape index (κ2) is 8.49. The maximum Gasteiger partial charge on any atom is 0.0708 e. The fraction of sp³-hybridized carbons (Fsp3) is 0.400. The van der Waals surface area contributed by atoms with Crippen molar-refractivity contribution in [3.63, 3.8) is 0 Å².